The largest absolute Gasteiger partial charge is 0.462 e. The number of carbonyl (C=O) groups excluding carboxylic acids is 2. The van der Waals surface area contributed by atoms with Crippen LogP contribution in [-0.4, -0.2) is 42.4 Å². The third-order valence-corrected chi connectivity index (χ3v) is 7.75. The molecule has 3 rings (SSSR count). The van der Waals surface area contributed by atoms with Gasteiger partial charge in [-0.1, -0.05) is 11.6 Å². The van der Waals surface area contributed by atoms with E-state index in [1.807, 2.05) is 0 Å². The number of anilines is 1. The minimum absolute atomic E-state index is 0.0325. The third kappa shape index (κ3) is 4.54. The van der Waals surface area contributed by atoms with Gasteiger partial charge in [0.05, 0.1) is 29.4 Å². The summed E-state index contributed by atoms with van der Waals surface area (Å²) < 4.78 is 30.5. The SMILES string of the molecule is CCOC(=O)c1c(NC(=O)/C=C/c2c(C)nn(C)c2Cl)sc2c1CCS(=O)(=O)C2. The van der Waals surface area contributed by atoms with Gasteiger partial charge < -0.3 is 10.1 Å². The average Bonchev–Trinajstić information content (AvgIpc) is 3.08. The summed E-state index contributed by atoms with van der Waals surface area (Å²) >= 11 is 7.25. The second-order valence-corrected chi connectivity index (χ2v) is 10.2. The van der Waals surface area contributed by atoms with Crippen LogP contribution in [-0.2, 0) is 38.6 Å². The van der Waals surface area contributed by atoms with Crippen LogP contribution in [0, 0.1) is 6.92 Å². The minimum atomic E-state index is -3.21. The summed E-state index contributed by atoms with van der Waals surface area (Å²) in [4.78, 5) is 25.5. The van der Waals surface area contributed by atoms with Crippen molar-refractivity contribution in [2.75, 3.05) is 17.7 Å². The maximum atomic E-state index is 12.5. The molecule has 1 amide bonds. The Labute approximate surface area is 177 Å². The highest BCUT2D eigenvalue weighted by atomic mass is 35.5. The number of aromatic nitrogens is 2. The van der Waals surface area contributed by atoms with Crippen molar-refractivity contribution in [3.8, 4) is 0 Å². The van der Waals surface area contributed by atoms with Crippen LogP contribution in [0.2, 0.25) is 5.15 Å². The summed E-state index contributed by atoms with van der Waals surface area (Å²) in [7, 11) is -1.51. The molecule has 0 aliphatic carbocycles. The number of aryl methyl sites for hydroxylation is 2. The second-order valence-electron chi connectivity index (χ2n) is 6.51. The van der Waals surface area contributed by atoms with E-state index in [1.54, 1.807) is 27.0 Å². The predicted molar refractivity (Wildman–Crippen MR) is 112 cm³/mol. The minimum Gasteiger partial charge on any atom is -0.462 e. The van der Waals surface area contributed by atoms with Gasteiger partial charge in [-0.05, 0) is 31.9 Å². The highest BCUT2D eigenvalue weighted by molar-refractivity contribution is 7.90. The first-order chi connectivity index (χ1) is 13.6. The number of ether oxygens (including phenoxy) is 1. The van der Waals surface area contributed by atoms with Gasteiger partial charge in [-0.25, -0.2) is 13.2 Å². The van der Waals surface area contributed by atoms with Gasteiger partial charge in [0.15, 0.2) is 9.84 Å². The summed E-state index contributed by atoms with van der Waals surface area (Å²) in [6, 6.07) is 0. The normalized spacial score (nSPS) is 15.3. The van der Waals surface area contributed by atoms with Crippen molar-refractivity contribution in [1.29, 1.82) is 0 Å². The average molecular weight is 458 g/mol. The van der Waals surface area contributed by atoms with Crippen LogP contribution in [0.15, 0.2) is 6.08 Å². The van der Waals surface area contributed by atoms with E-state index >= 15 is 0 Å². The molecule has 0 saturated heterocycles. The van der Waals surface area contributed by atoms with Crippen LogP contribution >= 0.6 is 22.9 Å². The van der Waals surface area contributed by atoms with Crippen molar-refractivity contribution < 1.29 is 22.7 Å². The predicted octanol–water partition coefficient (Wildman–Crippen LogP) is 2.74. The van der Waals surface area contributed by atoms with Crippen LogP contribution < -0.4 is 5.32 Å². The van der Waals surface area contributed by atoms with E-state index < -0.39 is 21.7 Å². The van der Waals surface area contributed by atoms with Gasteiger partial charge in [0.2, 0.25) is 5.91 Å². The van der Waals surface area contributed by atoms with Gasteiger partial charge in [0.1, 0.15) is 10.2 Å². The zero-order valence-electron chi connectivity index (χ0n) is 16.1. The van der Waals surface area contributed by atoms with Crippen molar-refractivity contribution in [2.45, 2.75) is 26.0 Å². The van der Waals surface area contributed by atoms with E-state index in [4.69, 9.17) is 16.3 Å². The fourth-order valence-corrected chi connectivity index (χ4v) is 6.36. The zero-order chi connectivity index (χ0) is 21.3. The zero-order valence-corrected chi connectivity index (χ0v) is 18.5. The number of thiophene rings is 1. The molecule has 29 heavy (non-hydrogen) atoms. The van der Waals surface area contributed by atoms with E-state index in [0.717, 1.165) is 11.3 Å². The molecule has 1 aliphatic rings. The lowest BCUT2D eigenvalue weighted by atomic mass is 10.1. The molecular weight excluding hydrogens is 438 g/mol. The van der Waals surface area contributed by atoms with E-state index in [2.05, 4.69) is 10.4 Å². The number of nitrogens with one attached hydrogen (secondary N) is 1. The number of amides is 1. The van der Waals surface area contributed by atoms with Crippen molar-refractivity contribution >= 4 is 55.7 Å². The first kappa shape index (κ1) is 21.5. The van der Waals surface area contributed by atoms with Crippen LogP contribution in [0.4, 0.5) is 5.00 Å². The molecule has 2 aromatic heterocycles. The standard InChI is InChI=1S/C18H20ClN3O5S2/c1-4-27-18(24)15-12-7-8-29(25,26)9-13(12)28-17(15)20-14(23)6-5-11-10(2)21-22(3)16(11)19/h5-6H,4,7-9H2,1-3H3,(H,20,23)/b6-5+. The lowest BCUT2D eigenvalue weighted by Gasteiger charge is -2.13. The highest BCUT2D eigenvalue weighted by Crippen LogP contribution is 2.38. The Bertz CT molecular complexity index is 1120. The number of sulfone groups is 1. The third-order valence-electron chi connectivity index (χ3n) is 4.42. The number of hydrogen-bond acceptors (Lipinski definition) is 7. The number of esters is 1. The van der Waals surface area contributed by atoms with Gasteiger partial charge in [-0.2, -0.15) is 5.10 Å². The van der Waals surface area contributed by atoms with Crippen LogP contribution in [0.25, 0.3) is 6.08 Å². The summed E-state index contributed by atoms with van der Waals surface area (Å²) in [5.41, 5.74) is 2.16. The molecule has 0 aromatic carbocycles. The van der Waals surface area contributed by atoms with Crippen LogP contribution in [0.1, 0.15) is 39.0 Å². The van der Waals surface area contributed by atoms with E-state index in [-0.39, 0.29) is 35.1 Å². The molecule has 0 atom stereocenters. The topological polar surface area (TPSA) is 107 Å². The Kier molecular flexibility index (Phi) is 6.16. The molecule has 11 heteroatoms. The molecule has 1 aliphatic heterocycles. The number of carbonyl (C=O) groups is 2. The molecular formula is C18H20ClN3O5S2. The maximum Gasteiger partial charge on any atom is 0.341 e. The van der Waals surface area contributed by atoms with Crippen molar-refractivity contribution in [1.82, 2.24) is 9.78 Å². The number of halogens is 1. The van der Waals surface area contributed by atoms with Gasteiger partial charge in [-0.15, -0.1) is 11.3 Å². The van der Waals surface area contributed by atoms with Crippen LogP contribution in [0.5, 0.6) is 0 Å². The molecule has 0 saturated carbocycles. The molecule has 0 bridgehead atoms. The molecule has 156 valence electrons. The summed E-state index contributed by atoms with van der Waals surface area (Å²) in [5, 5.41) is 7.54. The number of fused-ring (bicyclic) bond motifs is 1. The van der Waals surface area contributed by atoms with E-state index in [1.165, 1.54) is 10.8 Å². The molecule has 0 unspecified atom stereocenters. The van der Waals surface area contributed by atoms with Gasteiger partial charge >= 0.3 is 5.97 Å². The quantitative estimate of drug-likeness (QED) is 0.546. The molecule has 2 aromatic rings. The molecule has 3 heterocycles. The second kappa shape index (κ2) is 8.29. The Hall–Kier alpha value is -2.17. The fourth-order valence-electron chi connectivity index (χ4n) is 3.08. The van der Waals surface area contributed by atoms with Crippen LogP contribution in [0.3, 0.4) is 0 Å². The first-order valence-electron chi connectivity index (χ1n) is 8.83. The van der Waals surface area contributed by atoms with Gasteiger partial charge in [0, 0.05) is 23.6 Å². The summed E-state index contributed by atoms with van der Waals surface area (Å²) in [6.07, 6.45) is 3.06. The van der Waals surface area contributed by atoms with Gasteiger partial charge in [0.25, 0.3) is 0 Å². The smallest absolute Gasteiger partial charge is 0.341 e. The molecule has 0 fully saturated rings. The molecule has 0 radical (unpaired) electrons. The van der Waals surface area contributed by atoms with Crippen molar-refractivity contribution in [3.63, 3.8) is 0 Å². The Morgan fingerprint density at radius 1 is 1.41 bits per heavy atom. The van der Waals surface area contributed by atoms with Gasteiger partial charge in [-0.3, -0.25) is 9.48 Å². The number of nitrogens with zero attached hydrogens (tertiary/aromatic N) is 2. The monoisotopic (exact) mass is 457 g/mol. The number of rotatable bonds is 5. The van der Waals surface area contributed by atoms with E-state index in [9.17, 15) is 18.0 Å². The Morgan fingerprint density at radius 3 is 2.76 bits per heavy atom. The highest BCUT2D eigenvalue weighted by Gasteiger charge is 2.31. The van der Waals surface area contributed by atoms with Crippen molar-refractivity contribution in [3.05, 3.63) is 38.5 Å². The molecule has 8 nitrogen and oxygen atoms in total. The lowest BCUT2D eigenvalue weighted by Crippen LogP contribution is -2.20. The Morgan fingerprint density at radius 2 is 2.14 bits per heavy atom. The fraction of sp³-hybridized carbons (Fsp3) is 0.389. The van der Waals surface area contributed by atoms with Crippen molar-refractivity contribution in [2.24, 2.45) is 7.05 Å². The Balaban J connectivity index is 1.90. The summed E-state index contributed by atoms with van der Waals surface area (Å²) in [6.45, 7) is 3.63. The molecule has 0 spiro atoms. The summed E-state index contributed by atoms with van der Waals surface area (Å²) in [5.74, 6) is -1.23. The first-order valence-corrected chi connectivity index (χ1v) is 11.8. The lowest BCUT2D eigenvalue weighted by molar-refractivity contribution is -0.111. The molecule has 1 N–H and O–H groups in total. The van der Waals surface area contributed by atoms with E-state index in [0.29, 0.717) is 26.9 Å². The maximum absolute atomic E-state index is 12.5. The number of hydrogen-bond donors (Lipinski definition) is 1.